The van der Waals surface area contributed by atoms with E-state index in [1.165, 1.54) is 34.5 Å². The monoisotopic (exact) mass is 455 g/mol. The fourth-order valence-electron chi connectivity index (χ4n) is 4.89. The molecule has 2 heterocycles. The second-order valence-electron chi connectivity index (χ2n) is 8.89. The fourth-order valence-corrected chi connectivity index (χ4v) is 4.89. The number of aromatic nitrogens is 1. The van der Waals surface area contributed by atoms with Crippen molar-refractivity contribution >= 4 is 28.6 Å². The molecule has 1 atom stereocenters. The van der Waals surface area contributed by atoms with Gasteiger partial charge in [0.15, 0.2) is 0 Å². The summed E-state index contributed by atoms with van der Waals surface area (Å²) in [7, 11) is 2.10. The van der Waals surface area contributed by atoms with Gasteiger partial charge in [-0.15, -0.1) is 0 Å². The molecule has 1 aliphatic heterocycles. The summed E-state index contributed by atoms with van der Waals surface area (Å²) in [6, 6.07) is 17.0. The van der Waals surface area contributed by atoms with Crippen LogP contribution in [0.2, 0.25) is 0 Å². The molecule has 34 heavy (non-hydrogen) atoms. The molecule has 0 amide bonds. The summed E-state index contributed by atoms with van der Waals surface area (Å²) in [5, 5.41) is 12.8. The van der Waals surface area contributed by atoms with Crippen LogP contribution in [0.1, 0.15) is 45.8 Å². The van der Waals surface area contributed by atoms with Gasteiger partial charge in [-0.25, -0.2) is 4.79 Å². The third-order valence-electron chi connectivity index (χ3n) is 6.90. The number of rotatable bonds is 7. The molecule has 0 fully saturated rings. The summed E-state index contributed by atoms with van der Waals surface area (Å²) in [4.78, 5) is 17.8. The average Bonchev–Trinajstić information content (AvgIpc) is 3.30. The fraction of sp³-hybridized carbons (Fsp3) is 0.286. The van der Waals surface area contributed by atoms with Crippen LogP contribution in [0.3, 0.4) is 0 Å². The number of carboxylic acid groups (broad SMARTS) is 1. The molecule has 174 valence electrons. The lowest BCUT2D eigenvalue weighted by atomic mass is 9.99. The predicted molar refractivity (Wildman–Crippen MR) is 135 cm³/mol. The maximum absolute atomic E-state index is 11.5. The van der Waals surface area contributed by atoms with Gasteiger partial charge in [-0.05, 0) is 71.9 Å². The Morgan fingerprint density at radius 3 is 2.74 bits per heavy atom. The van der Waals surface area contributed by atoms with Crippen LogP contribution in [0.4, 0.5) is 17.1 Å². The molecule has 1 aliphatic carbocycles. The van der Waals surface area contributed by atoms with E-state index in [0.29, 0.717) is 24.8 Å². The van der Waals surface area contributed by atoms with Crippen molar-refractivity contribution in [3.63, 3.8) is 0 Å². The van der Waals surface area contributed by atoms with Crippen LogP contribution in [-0.2, 0) is 11.2 Å². The largest absolute Gasteiger partial charge is 0.478 e. The van der Waals surface area contributed by atoms with Gasteiger partial charge >= 0.3 is 5.97 Å². The van der Waals surface area contributed by atoms with Gasteiger partial charge in [0, 0.05) is 37.1 Å². The number of benzene rings is 2. The van der Waals surface area contributed by atoms with E-state index in [1.807, 2.05) is 0 Å². The highest BCUT2D eigenvalue weighted by Gasteiger charge is 2.24. The Hall–Kier alpha value is -3.64. The van der Waals surface area contributed by atoms with Gasteiger partial charge in [0.1, 0.15) is 0 Å². The van der Waals surface area contributed by atoms with Crippen LogP contribution in [0.25, 0.3) is 5.57 Å². The number of pyridine rings is 1. The molecule has 0 unspecified atom stereocenters. The first-order chi connectivity index (χ1) is 16.6. The minimum atomic E-state index is -0.945. The van der Waals surface area contributed by atoms with Crippen molar-refractivity contribution in [2.75, 3.05) is 37.0 Å². The summed E-state index contributed by atoms with van der Waals surface area (Å²) < 4.78 is 5.43. The number of hydrogen-bond acceptors (Lipinski definition) is 5. The van der Waals surface area contributed by atoms with Gasteiger partial charge in [-0.3, -0.25) is 4.98 Å². The highest BCUT2D eigenvalue weighted by Crippen LogP contribution is 2.37. The third kappa shape index (κ3) is 4.54. The molecule has 3 aromatic rings. The summed E-state index contributed by atoms with van der Waals surface area (Å²) >= 11 is 0. The zero-order valence-corrected chi connectivity index (χ0v) is 19.3. The van der Waals surface area contributed by atoms with Crippen molar-refractivity contribution in [3.05, 3.63) is 89.3 Å². The maximum Gasteiger partial charge on any atom is 0.337 e. The van der Waals surface area contributed by atoms with Crippen LogP contribution in [0.15, 0.2) is 67.0 Å². The maximum atomic E-state index is 11.5. The lowest BCUT2D eigenvalue weighted by Gasteiger charge is -2.22. The molecule has 1 aromatic heterocycles. The molecule has 0 saturated carbocycles. The highest BCUT2D eigenvalue weighted by atomic mass is 16.5. The molecule has 6 nitrogen and oxygen atoms in total. The quantitative estimate of drug-likeness (QED) is 0.491. The normalized spacial score (nSPS) is 17.1. The van der Waals surface area contributed by atoms with Crippen LogP contribution in [0, 0.1) is 0 Å². The zero-order valence-electron chi connectivity index (χ0n) is 19.3. The van der Waals surface area contributed by atoms with E-state index in [1.54, 1.807) is 6.20 Å². The number of hydrogen-bond donors (Lipinski definition) is 2. The molecular formula is C28H29N3O3. The standard InChI is InChI=1S/C28H29N3O3/c1-31(23-7-4-19(5-8-23)20-11-14-34-15-12-20)24-9-6-21-2-3-22(26(21)16-24)17-30-27-18-29-13-10-25(27)28(32)33/h4-11,13,16,18,22,30H,2-3,12,14-15,17H2,1H3,(H,32,33)/t22-/m0/s1. The Bertz CT molecular complexity index is 1220. The minimum Gasteiger partial charge on any atom is -0.478 e. The molecule has 2 aromatic carbocycles. The smallest absolute Gasteiger partial charge is 0.337 e. The number of carboxylic acids is 1. The van der Waals surface area contributed by atoms with Gasteiger partial charge in [-0.1, -0.05) is 24.3 Å². The van der Waals surface area contributed by atoms with Gasteiger partial charge in [0.05, 0.1) is 30.7 Å². The molecule has 2 aliphatic rings. The van der Waals surface area contributed by atoms with Crippen molar-refractivity contribution < 1.29 is 14.6 Å². The van der Waals surface area contributed by atoms with Crippen molar-refractivity contribution in [3.8, 4) is 0 Å². The van der Waals surface area contributed by atoms with E-state index in [-0.39, 0.29) is 5.56 Å². The Kier molecular flexibility index (Phi) is 6.32. The molecular weight excluding hydrogens is 426 g/mol. The Morgan fingerprint density at radius 2 is 1.97 bits per heavy atom. The lowest BCUT2D eigenvalue weighted by molar-refractivity contribution is 0.0697. The van der Waals surface area contributed by atoms with Crippen LogP contribution in [-0.4, -0.2) is 42.9 Å². The number of nitrogens with one attached hydrogen (secondary N) is 1. The molecule has 5 rings (SSSR count). The van der Waals surface area contributed by atoms with Gasteiger partial charge in [0.25, 0.3) is 0 Å². The number of fused-ring (bicyclic) bond motifs is 1. The molecule has 0 spiro atoms. The number of aromatic carboxylic acids is 1. The van der Waals surface area contributed by atoms with Crippen molar-refractivity contribution in [2.24, 2.45) is 0 Å². The van der Waals surface area contributed by atoms with Crippen molar-refractivity contribution in [2.45, 2.75) is 25.2 Å². The van der Waals surface area contributed by atoms with E-state index in [4.69, 9.17) is 4.74 Å². The first-order valence-electron chi connectivity index (χ1n) is 11.7. The number of anilines is 3. The second-order valence-corrected chi connectivity index (χ2v) is 8.89. The van der Waals surface area contributed by atoms with Crippen molar-refractivity contribution in [1.82, 2.24) is 4.98 Å². The second kappa shape index (κ2) is 9.69. The summed E-state index contributed by atoms with van der Waals surface area (Å²) in [6.07, 6.45) is 8.31. The average molecular weight is 456 g/mol. The molecule has 0 bridgehead atoms. The number of nitrogens with zero attached hydrogens (tertiary/aromatic N) is 2. The third-order valence-corrected chi connectivity index (χ3v) is 6.90. The molecule has 6 heteroatoms. The topological polar surface area (TPSA) is 74.7 Å². The van der Waals surface area contributed by atoms with Crippen LogP contribution < -0.4 is 10.2 Å². The summed E-state index contributed by atoms with van der Waals surface area (Å²) in [5.74, 6) is -0.618. The molecule has 0 saturated heterocycles. The van der Waals surface area contributed by atoms with Gasteiger partial charge in [-0.2, -0.15) is 0 Å². The summed E-state index contributed by atoms with van der Waals surface area (Å²) in [6.45, 7) is 2.16. The Labute approximate surface area is 199 Å². The zero-order chi connectivity index (χ0) is 23.5. The number of carbonyl (C=O) groups is 1. The first-order valence-corrected chi connectivity index (χ1v) is 11.7. The summed E-state index contributed by atoms with van der Waals surface area (Å²) in [5.41, 5.74) is 8.43. The predicted octanol–water partition coefficient (Wildman–Crippen LogP) is 5.49. The number of ether oxygens (including phenoxy) is 1. The highest BCUT2D eigenvalue weighted by molar-refractivity contribution is 5.93. The Balaban J connectivity index is 1.31. The van der Waals surface area contributed by atoms with Crippen LogP contribution in [0.5, 0.6) is 0 Å². The Morgan fingerprint density at radius 1 is 1.15 bits per heavy atom. The first kappa shape index (κ1) is 22.2. The molecule has 2 N–H and O–H groups in total. The van der Waals surface area contributed by atoms with Crippen molar-refractivity contribution in [1.29, 1.82) is 0 Å². The minimum absolute atomic E-state index is 0.252. The van der Waals surface area contributed by atoms with Gasteiger partial charge < -0.3 is 20.1 Å². The SMILES string of the molecule is CN(c1ccc(C2=CCOCC2)cc1)c1ccc2c(c1)[C@H](CNc1cnccc1C(=O)O)CC2. The molecule has 0 radical (unpaired) electrons. The van der Waals surface area contributed by atoms with Gasteiger partial charge in [0.2, 0.25) is 0 Å². The van der Waals surface area contributed by atoms with Crippen LogP contribution >= 0.6 is 0 Å². The van der Waals surface area contributed by atoms with E-state index >= 15 is 0 Å². The van der Waals surface area contributed by atoms with E-state index in [0.717, 1.165) is 37.2 Å². The van der Waals surface area contributed by atoms with E-state index < -0.39 is 5.97 Å². The lowest BCUT2D eigenvalue weighted by Crippen LogP contribution is -2.14. The van der Waals surface area contributed by atoms with E-state index in [2.05, 4.69) is 70.8 Å². The van der Waals surface area contributed by atoms with E-state index in [9.17, 15) is 9.90 Å². The number of aryl methyl sites for hydroxylation is 1.